The highest BCUT2D eigenvalue weighted by molar-refractivity contribution is 5.69. The van der Waals surface area contributed by atoms with Gasteiger partial charge in [0.05, 0.1) is 13.2 Å². The van der Waals surface area contributed by atoms with Crippen LogP contribution in [0.1, 0.15) is 98.3 Å². The van der Waals surface area contributed by atoms with Crippen LogP contribution in [0.4, 0.5) is 0 Å². The number of fused-ring (bicyclic) bond motifs is 5. The van der Waals surface area contributed by atoms with E-state index in [0.29, 0.717) is 28.6 Å². The minimum Gasteiger partial charge on any atom is -0.469 e. The van der Waals surface area contributed by atoms with E-state index in [2.05, 4.69) is 27.7 Å². The molecule has 4 saturated carbocycles. The van der Waals surface area contributed by atoms with Crippen molar-refractivity contribution in [1.82, 2.24) is 0 Å². The molecule has 29 heavy (non-hydrogen) atoms. The van der Waals surface area contributed by atoms with Crippen LogP contribution in [-0.4, -0.2) is 24.3 Å². The minimum atomic E-state index is -0.0576. The van der Waals surface area contributed by atoms with Gasteiger partial charge in [-0.1, -0.05) is 27.7 Å². The van der Waals surface area contributed by atoms with Gasteiger partial charge in [0, 0.05) is 6.42 Å². The van der Waals surface area contributed by atoms with Gasteiger partial charge in [0.2, 0.25) is 0 Å². The fourth-order valence-electron chi connectivity index (χ4n) is 9.54. The van der Waals surface area contributed by atoms with E-state index in [1.54, 1.807) is 0 Å². The van der Waals surface area contributed by atoms with Gasteiger partial charge in [0.1, 0.15) is 0 Å². The molecule has 0 aliphatic heterocycles. The van der Waals surface area contributed by atoms with Crippen molar-refractivity contribution in [1.29, 1.82) is 0 Å². The molecule has 0 saturated heterocycles. The first kappa shape index (κ1) is 21.7. The van der Waals surface area contributed by atoms with Crippen molar-refractivity contribution in [3.63, 3.8) is 0 Å². The molecule has 0 radical (unpaired) electrons. The molecule has 0 bridgehead atoms. The zero-order chi connectivity index (χ0) is 21.0. The Kier molecular flexibility index (Phi) is 5.63. The molecule has 4 fully saturated rings. The molecule has 9 atom stereocenters. The summed E-state index contributed by atoms with van der Waals surface area (Å²) in [5, 5.41) is 10.3. The van der Waals surface area contributed by atoms with Gasteiger partial charge in [-0.25, -0.2) is 0 Å². The highest BCUT2D eigenvalue weighted by Gasteiger charge is 2.65. The molecule has 1 N–H and O–H groups in total. The van der Waals surface area contributed by atoms with Crippen molar-refractivity contribution in [2.45, 2.75) is 104 Å². The number of esters is 1. The van der Waals surface area contributed by atoms with Gasteiger partial charge in [-0.3, -0.25) is 4.79 Å². The molecule has 0 heterocycles. The lowest BCUT2D eigenvalue weighted by atomic mass is 9.39. The topological polar surface area (TPSA) is 46.5 Å². The average molecular weight is 405 g/mol. The van der Waals surface area contributed by atoms with Crippen LogP contribution in [0.25, 0.3) is 0 Å². The van der Waals surface area contributed by atoms with Gasteiger partial charge in [-0.05, 0) is 110 Å². The summed E-state index contributed by atoms with van der Waals surface area (Å²) >= 11 is 0. The minimum absolute atomic E-state index is 0.0575. The second-order valence-electron chi connectivity index (χ2n) is 12.1. The Hall–Kier alpha value is -0.570. The highest BCUT2D eigenvalue weighted by Crippen LogP contribution is 2.73. The number of hydrogen-bond acceptors (Lipinski definition) is 3. The summed E-state index contributed by atoms with van der Waals surface area (Å²) in [6.07, 6.45) is 12.9. The van der Waals surface area contributed by atoms with Crippen LogP contribution in [0.15, 0.2) is 0 Å². The van der Waals surface area contributed by atoms with Crippen LogP contribution in [0.3, 0.4) is 0 Å². The van der Waals surface area contributed by atoms with Gasteiger partial charge >= 0.3 is 5.97 Å². The molecule has 166 valence electrons. The normalized spacial score (nSPS) is 50.2. The van der Waals surface area contributed by atoms with E-state index in [0.717, 1.165) is 42.9 Å². The van der Waals surface area contributed by atoms with Crippen LogP contribution in [0.2, 0.25) is 0 Å². The predicted octanol–water partition coefficient (Wildman–Crippen LogP) is 5.99. The van der Waals surface area contributed by atoms with Crippen LogP contribution >= 0.6 is 0 Å². The number of carbonyl (C=O) groups excluding carboxylic acids is 1. The fraction of sp³-hybridized carbons (Fsp3) is 0.962. The quantitative estimate of drug-likeness (QED) is 0.586. The summed E-state index contributed by atoms with van der Waals surface area (Å²) in [6, 6.07) is 0. The number of aliphatic hydroxyl groups excluding tert-OH is 1. The SMILES string of the molecule is COC(=O)CC[C@@H](C)[C@H]1CCC2[C@]3(C)CC[C@@H]4C[C@H](O)CC[C@]4(C)C3CC[C@@]21C. The first-order valence-corrected chi connectivity index (χ1v) is 12.4. The van der Waals surface area contributed by atoms with Gasteiger partial charge in [-0.15, -0.1) is 0 Å². The third-order valence-corrected chi connectivity index (χ3v) is 11.0. The Morgan fingerprint density at radius 2 is 1.62 bits per heavy atom. The second-order valence-corrected chi connectivity index (χ2v) is 12.1. The molecule has 0 aromatic heterocycles. The maximum absolute atomic E-state index is 11.7. The van der Waals surface area contributed by atoms with Crippen LogP contribution in [-0.2, 0) is 9.53 Å². The van der Waals surface area contributed by atoms with Gasteiger partial charge in [-0.2, -0.15) is 0 Å². The number of hydrogen-bond donors (Lipinski definition) is 1. The molecule has 4 aliphatic rings. The van der Waals surface area contributed by atoms with Crippen LogP contribution in [0.5, 0.6) is 0 Å². The van der Waals surface area contributed by atoms with Crippen molar-refractivity contribution in [2.75, 3.05) is 7.11 Å². The molecule has 3 nitrogen and oxygen atoms in total. The van der Waals surface area contributed by atoms with Crippen LogP contribution in [0, 0.1) is 45.8 Å². The average Bonchev–Trinajstić information content (AvgIpc) is 3.05. The lowest BCUT2D eigenvalue weighted by Crippen LogP contribution is -2.59. The largest absolute Gasteiger partial charge is 0.469 e. The summed E-state index contributed by atoms with van der Waals surface area (Å²) in [7, 11) is 1.50. The molecule has 0 spiro atoms. The summed E-state index contributed by atoms with van der Waals surface area (Å²) in [4.78, 5) is 11.7. The number of rotatable bonds is 4. The van der Waals surface area contributed by atoms with Gasteiger partial charge in [0.15, 0.2) is 0 Å². The Labute approximate surface area is 178 Å². The molecular formula is C26H44O3. The molecule has 3 heteroatoms. The molecule has 4 aliphatic carbocycles. The van der Waals surface area contributed by atoms with E-state index in [1.165, 1.54) is 52.1 Å². The predicted molar refractivity (Wildman–Crippen MR) is 116 cm³/mol. The Morgan fingerprint density at radius 1 is 0.966 bits per heavy atom. The van der Waals surface area contributed by atoms with E-state index in [4.69, 9.17) is 4.74 Å². The van der Waals surface area contributed by atoms with E-state index in [1.807, 2.05) is 0 Å². The van der Waals surface area contributed by atoms with Crippen molar-refractivity contribution in [3.8, 4) is 0 Å². The third kappa shape index (κ3) is 3.29. The lowest BCUT2D eigenvalue weighted by Gasteiger charge is -2.66. The molecular weight excluding hydrogens is 360 g/mol. The fourth-order valence-corrected chi connectivity index (χ4v) is 9.54. The zero-order valence-electron chi connectivity index (χ0n) is 19.5. The molecule has 0 aromatic carbocycles. The smallest absolute Gasteiger partial charge is 0.305 e. The first-order chi connectivity index (χ1) is 13.6. The van der Waals surface area contributed by atoms with E-state index in [9.17, 15) is 9.90 Å². The van der Waals surface area contributed by atoms with Crippen LogP contribution < -0.4 is 0 Å². The number of aliphatic hydroxyl groups is 1. The van der Waals surface area contributed by atoms with E-state index >= 15 is 0 Å². The Balaban J connectivity index is 1.54. The number of carbonyl (C=O) groups is 1. The van der Waals surface area contributed by atoms with E-state index in [-0.39, 0.29) is 12.1 Å². The van der Waals surface area contributed by atoms with Crippen molar-refractivity contribution < 1.29 is 14.6 Å². The summed E-state index contributed by atoms with van der Waals surface area (Å²) in [6.45, 7) is 10.2. The number of methoxy groups -OCH3 is 1. The standard InChI is InChI=1S/C26H44O3/c1-17(6-9-23(28)29-5)20-7-8-21-25(20,3)15-12-22-24(2)14-11-19(27)16-18(24)10-13-26(21,22)4/h17-22,27H,6-16H2,1-5H3/t17-,18-,19-,20-,21?,22?,24+,25-,26+/m1/s1. The molecule has 0 aromatic rings. The van der Waals surface area contributed by atoms with Crippen molar-refractivity contribution in [3.05, 3.63) is 0 Å². The Bertz CT molecular complexity index is 631. The molecule has 4 rings (SSSR count). The summed E-state index contributed by atoms with van der Waals surface area (Å²) < 4.78 is 4.89. The van der Waals surface area contributed by atoms with E-state index < -0.39 is 0 Å². The maximum atomic E-state index is 11.7. The highest BCUT2D eigenvalue weighted by atomic mass is 16.5. The lowest BCUT2D eigenvalue weighted by molar-refractivity contribution is -0.176. The van der Waals surface area contributed by atoms with Gasteiger partial charge < -0.3 is 9.84 Å². The summed E-state index contributed by atoms with van der Waals surface area (Å²) in [5.41, 5.74) is 1.32. The molecule has 2 unspecified atom stereocenters. The summed E-state index contributed by atoms with van der Waals surface area (Å²) in [5.74, 6) is 3.66. The maximum Gasteiger partial charge on any atom is 0.305 e. The first-order valence-electron chi connectivity index (χ1n) is 12.4. The van der Waals surface area contributed by atoms with Crippen molar-refractivity contribution in [2.24, 2.45) is 45.8 Å². The zero-order valence-corrected chi connectivity index (χ0v) is 19.5. The second kappa shape index (κ2) is 7.53. The monoisotopic (exact) mass is 404 g/mol. The molecule has 0 amide bonds. The van der Waals surface area contributed by atoms with Gasteiger partial charge in [0.25, 0.3) is 0 Å². The van der Waals surface area contributed by atoms with Crippen molar-refractivity contribution >= 4 is 5.97 Å². The number of ether oxygens (including phenoxy) is 1. The third-order valence-electron chi connectivity index (χ3n) is 11.0. The Morgan fingerprint density at radius 3 is 2.34 bits per heavy atom.